The van der Waals surface area contributed by atoms with E-state index >= 15 is 0 Å². The Morgan fingerprint density at radius 3 is 2.17 bits per heavy atom. The Labute approximate surface area is 180 Å². The van der Waals surface area contributed by atoms with Gasteiger partial charge >= 0.3 is 0 Å². The smallest absolute Gasteiger partial charge is 0.117 e. The minimum Gasteiger partial charge on any atom is -0.508 e. The first-order chi connectivity index (χ1) is 14.8. The molecule has 0 bridgehead atoms. The van der Waals surface area contributed by atoms with Crippen LogP contribution in [-0.4, -0.2) is 49.3 Å². The molecule has 1 N–H and O–H groups in total. The van der Waals surface area contributed by atoms with Crippen LogP contribution in [0, 0.1) is 0 Å². The van der Waals surface area contributed by atoms with Gasteiger partial charge in [0.05, 0.1) is 0 Å². The molecule has 1 aliphatic heterocycles. The van der Waals surface area contributed by atoms with Gasteiger partial charge in [0, 0.05) is 56.7 Å². The molecule has 0 spiro atoms. The summed E-state index contributed by atoms with van der Waals surface area (Å²) in [6.07, 6.45) is 1.10. The number of hydrogen-bond donors (Lipinski definition) is 1. The molecule has 4 heteroatoms. The molecular weight excluding hydrogens is 370 g/mol. The Kier molecular flexibility index (Phi) is 6.88. The highest BCUT2D eigenvalue weighted by Crippen LogP contribution is 2.22. The average Bonchev–Trinajstić information content (AvgIpc) is 2.80. The third kappa shape index (κ3) is 5.55. The number of piperazine rings is 1. The largest absolute Gasteiger partial charge is 0.508 e. The maximum Gasteiger partial charge on any atom is 0.117 e. The van der Waals surface area contributed by atoms with Crippen LogP contribution in [-0.2, 0) is 6.54 Å². The summed E-state index contributed by atoms with van der Waals surface area (Å²) in [5.41, 5.74) is 3.69. The maximum absolute atomic E-state index is 9.94. The molecule has 3 aromatic carbocycles. The summed E-state index contributed by atoms with van der Waals surface area (Å²) < 4.78 is 0. The fourth-order valence-electron chi connectivity index (χ4n) is 4.15. The van der Waals surface area contributed by atoms with E-state index in [0.717, 1.165) is 57.9 Å². The molecule has 0 radical (unpaired) electrons. The summed E-state index contributed by atoms with van der Waals surface area (Å²) in [5, 5.41) is 9.94. The van der Waals surface area contributed by atoms with E-state index in [2.05, 4.69) is 81.4 Å². The van der Waals surface area contributed by atoms with Crippen molar-refractivity contribution in [2.45, 2.75) is 13.0 Å². The number of nitrogens with zero attached hydrogens (tertiary/aromatic N) is 3. The predicted octanol–water partition coefficient (Wildman–Crippen LogP) is 4.61. The number of anilines is 2. The Morgan fingerprint density at radius 1 is 0.767 bits per heavy atom. The van der Waals surface area contributed by atoms with Gasteiger partial charge in [0.25, 0.3) is 0 Å². The molecule has 0 aromatic heterocycles. The molecule has 1 fully saturated rings. The van der Waals surface area contributed by atoms with Crippen molar-refractivity contribution >= 4 is 11.4 Å². The van der Waals surface area contributed by atoms with Crippen molar-refractivity contribution in [1.29, 1.82) is 0 Å². The lowest BCUT2D eigenvalue weighted by molar-refractivity contribution is 0.255. The molecular formula is C26H31N3O. The fraction of sp³-hybridized carbons (Fsp3) is 0.308. The van der Waals surface area contributed by atoms with E-state index in [4.69, 9.17) is 0 Å². The van der Waals surface area contributed by atoms with Crippen LogP contribution >= 0.6 is 0 Å². The van der Waals surface area contributed by atoms with Crippen LogP contribution < -0.4 is 9.80 Å². The van der Waals surface area contributed by atoms with Crippen LogP contribution in [0.15, 0.2) is 84.9 Å². The second-order valence-electron chi connectivity index (χ2n) is 7.94. The second kappa shape index (κ2) is 10.2. The van der Waals surface area contributed by atoms with Gasteiger partial charge in [-0.05, 0) is 42.8 Å². The van der Waals surface area contributed by atoms with E-state index in [-0.39, 0.29) is 0 Å². The van der Waals surface area contributed by atoms with Gasteiger partial charge in [0.1, 0.15) is 5.75 Å². The van der Waals surface area contributed by atoms with Crippen LogP contribution in [0.4, 0.5) is 11.4 Å². The molecule has 4 nitrogen and oxygen atoms in total. The van der Waals surface area contributed by atoms with Crippen molar-refractivity contribution in [2.75, 3.05) is 49.1 Å². The summed E-state index contributed by atoms with van der Waals surface area (Å²) in [6.45, 7) is 7.32. The summed E-state index contributed by atoms with van der Waals surface area (Å²) in [7, 11) is 0. The Hall–Kier alpha value is -2.98. The van der Waals surface area contributed by atoms with Crippen molar-refractivity contribution in [2.24, 2.45) is 0 Å². The summed E-state index contributed by atoms with van der Waals surface area (Å²) in [4.78, 5) is 7.42. The van der Waals surface area contributed by atoms with Crippen molar-refractivity contribution in [3.63, 3.8) is 0 Å². The quantitative estimate of drug-likeness (QED) is 0.597. The second-order valence-corrected chi connectivity index (χ2v) is 7.94. The molecule has 3 aromatic rings. The highest BCUT2D eigenvalue weighted by Gasteiger charge is 2.17. The van der Waals surface area contributed by atoms with Crippen LogP contribution in [0.25, 0.3) is 0 Å². The zero-order valence-corrected chi connectivity index (χ0v) is 17.5. The third-order valence-corrected chi connectivity index (χ3v) is 5.81. The molecule has 0 amide bonds. The van der Waals surface area contributed by atoms with Crippen LogP contribution in [0.5, 0.6) is 5.75 Å². The number of benzene rings is 3. The van der Waals surface area contributed by atoms with E-state index in [1.807, 2.05) is 12.1 Å². The molecule has 156 valence electrons. The molecule has 0 atom stereocenters. The number of aromatic hydroxyl groups is 1. The monoisotopic (exact) mass is 401 g/mol. The van der Waals surface area contributed by atoms with Crippen molar-refractivity contribution in [3.05, 3.63) is 90.5 Å². The molecule has 30 heavy (non-hydrogen) atoms. The summed E-state index contributed by atoms with van der Waals surface area (Å²) in [6, 6.07) is 28.9. The molecule has 0 saturated carbocycles. The predicted molar refractivity (Wildman–Crippen MR) is 125 cm³/mol. The van der Waals surface area contributed by atoms with E-state index in [9.17, 15) is 5.11 Å². The zero-order chi connectivity index (χ0) is 20.6. The van der Waals surface area contributed by atoms with Gasteiger partial charge in [-0.25, -0.2) is 0 Å². The number of phenols is 1. The SMILES string of the molecule is Oc1cccc(N(CCCN2CCN(c3ccccc3)CC2)Cc2ccccc2)c1. The van der Waals surface area contributed by atoms with Gasteiger partial charge in [-0.3, -0.25) is 4.90 Å². The van der Waals surface area contributed by atoms with Gasteiger partial charge in [-0.15, -0.1) is 0 Å². The Balaban J connectivity index is 1.31. The van der Waals surface area contributed by atoms with Crippen molar-refractivity contribution in [3.8, 4) is 5.75 Å². The molecule has 1 aliphatic rings. The molecule has 0 aliphatic carbocycles. The summed E-state index contributed by atoms with van der Waals surface area (Å²) in [5.74, 6) is 0.322. The lowest BCUT2D eigenvalue weighted by Gasteiger charge is -2.36. The minimum absolute atomic E-state index is 0.322. The van der Waals surface area contributed by atoms with Crippen LogP contribution in [0.1, 0.15) is 12.0 Å². The number of rotatable bonds is 8. The highest BCUT2D eigenvalue weighted by molar-refractivity contribution is 5.51. The lowest BCUT2D eigenvalue weighted by Crippen LogP contribution is -2.47. The number of para-hydroxylation sites is 1. The Bertz CT molecular complexity index is 892. The maximum atomic E-state index is 9.94. The third-order valence-electron chi connectivity index (χ3n) is 5.81. The topological polar surface area (TPSA) is 30.0 Å². The number of hydrogen-bond acceptors (Lipinski definition) is 4. The van der Waals surface area contributed by atoms with Crippen molar-refractivity contribution < 1.29 is 5.11 Å². The standard InChI is InChI=1S/C26H31N3O/c30-26-14-7-13-25(21-26)29(22-23-9-3-1-4-10-23)16-8-15-27-17-19-28(20-18-27)24-11-5-2-6-12-24/h1-7,9-14,21,30H,8,15-20,22H2. The van der Waals surface area contributed by atoms with Crippen LogP contribution in [0.3, 0.4) is 0 Å². The van der Waals surface area contributed by atoms with Gasteiger partial charge in [0.15, 0.2) is 0 Å². The first-order valence-electron chi connectivity index (χ1n) is 10.9. The van der Waals surface area contributed by atoms with Crippen molar-refractivity contribution in [1.82, 2.24) is 4.90 Å². The first-order valence-corrected chi connectivity index (χ1v) is 10.9. The van der Waals surface area contributed by atoms with Gasteiger partial charge in [-0.2, -0.15) is 0 Å². The summed E-state index contributed by atoms with van der Waals surface area (Å²) >= 11 is 0. The molecule has 1 saturated heterocycles. The van der Waals surface area contributed by atoms with E-state index < -0.39 is 0 Å². The molecule has 0 unspecified atom stereocenters. The average molecular weight is 402 g/mol. The normalized spacial score (nSPS) is 14.6. The molecule has 1 heterocycles. The Morgan fingerprint density at radius 2 is 1.47 bits per heavy atom. The zero-order valence-electron chi connectivity index (χ0n) is 17.5. The van der Waals surface area contributed by atoms with Gasteiger partial charge in [-0.1, -0.05) is 54.6 Å². The molecule has 4 rings (SSSR count). The van der Waals surface area contributed by atoms with Gasteiger partial charge in [0.2, 0.25) is 0 Å². The van der Waals surface area contributed by atoms with Crippen LogP contribution in [0.2, 0.25) is 0 Å². The minimum atomic E-state index is 0.322. The lowest BCUT2D eigenvalue weighted by atomic mass is 10.1. The highest BCUT2D eigenvalue weighted by atomic mass is 16.3. The van der Waals surface area contributed by atoms with E-state index in [1.165, 1.54) is 11.3 Å². The van der Waals surface area contributed by atoms with E-state index in [0.29, 0.717) is 5.75 Å². The van der Waals surface area contributed by atoms with Gasteiger partial charge < -0.3 is 14.9 Å². The van der Waals surface area contributed by atoms with E-state index in [1.54, 1.807) is 6.07 Å². The number of phenolic OH excluding ortho intramolecular Hbond substituents is 1. The fourth-order valence-corrected chi connectivity index (χ4v) is 4.15. The first kappa shape index (κ1) is 20.3.